The second kappa shape index (κ2) is 6.10. The van der Waals surface area contributed by atoms with E-state index in [2.05, 4.69) is 4.98 Å². The molecule has 0 N–H and O–H groups in total. The van der Waals surface area contributed by atoms with Crippen LogP contribution in [0.2, 0.25) is 0 Å². The zero-order valence-electron chi connectivity index (χ0n) is 6.80. The van der Waals surface area contributed by atoms with Gasteiger partial charge in [0.1, 0.15) is 0 Å². The molecule has 60 valence electrons. The van der Waals surface area contributed by atoms with Gasteiger partial charge in [-0.25, -0.2) is 0 Å². The first-order valence-electron chi connectivity index (χ1n) is 3.85. The van der Waals surface area contributed by atoms with Gasteiger partial charge in [0.25, 0.3) is 0 Å². The smallest absolute Gasteiger partial charge is 0.0267 e. The number of hydrogen-bond donors (Lipinski definition) is 0. The Kier molecular flexibility index (Phi) is 4.31. The highest BCUT2D eigenvalue weighted by atomic mass is 14.6. The lowest BCUT2D eigenvalue weighted by molar-refractivity contribution is 1.33. The first-order chi connectivity index (χ1) is 6.00. The summed E-state index contributed by atoms with van der Waals surface area (Å²) in [6, 6.07) is 17.7. The molecule has 0 atom stereocenters. The molecule has 0 saturated heterocycles. The minimum atomic E-state index is 1.75. The molecule has 12 heavy (non-hydrogen) atoms. The van der Waals surface area contributed by atoms with E-state index >= 15 is 0 Å². The molecule has 1 heterocycles. The summed E-state index contributed by atoms with van der Waals surface area (Å²) < 4.78 is 0. The van der Waals surface area contributed by atoms with Crippen molar-refractivity contribution in [3.8, 4) is 0 Å². The minimum Gasteiger partial charge on any atom is -0.265 e. The average molecular weight is 157 g/mol. The molecular weight excluding hydrogens is 146 g/mol. The van der Waals surface area contributed by atoms with Crippen LogP contribution in [0.3, 0.4) is 0 Å². The molecule has 0 aliphatic carbocycles. The predicted octanol–water partition coefficient (Wildman–Crippen LogP) is 2.77. The molecule has 2 aromatic rings. The van der Waals surface area contributed by atoms with Gasteiger partial charge in [-0.1, -0.05) is 42.5 Å². The van der Waals surface area contributed by atoms with Crippen LogP contribution in [-0.2, 0) is 0 Å². The van der Waals surface area contributed by atoms with Gasteiger partial charge in [0.15, 0.2) is 0 Å². The van der Waals surface area contributed by atoms with Crippen molar-refractivity contribution < 1.29 is 0 Å². The zero-order chi connectivity index (χ0) is 8.49. The van der Waals surface area contributed by atoms with Gasteiger partial charge in [0, 0.05) is 12.4 Å². The summed E-state index contributed by atoms with van der Waals surface area (Å²) in [5, 5.41) is 0. The highest BCUT2D eigenvalue weighted by Gasteiger charge is 1.58. The molecule has 0 unspecified atom stereocenters. The molecule has 0 bridgehead atoms. The molecule has 0 fully saturated rings. The molecule has 0 aliphatic rings. The average Bonchev–Trinajstić information content (AvgIpc) is 2.24. The fraction of sp³-hybridized carbons (Fsp3) is 0. The van der Waals surface area contributed by atoms with Crippen molar-refractivity contribution in [3.63, 3.8) is 0 Å². The van der Waals surface area contributed by atoms with Crippen LogP contribution in [0.15, 0.2) is 67.0 Å². The number of rotatable bonds is 0. The molecule has 2 rings (SSSR count). The molecule has 0 amide bonds. The molecule has 1 aromatic heterocycles. The van der Waals surface area contributed by atoms with Gasteiger partial charge >= 0.3 is 0 Å². The van der Waals surface area contributed by atoms with E-state index in [-0.39, 0.29) is 0 Å². The van der Waals surface area contributed by atoms with E-state index in [1.54, 1.807) is 12.4 Å². The number of benzene rings is 1. The van der Waals surface area contributed by atoms with Crippen LogP contribution in [0.1, 0.15) is 0 Å². The second-order valence-electron chi connectivity index (χ2n) is 2.18. The normalized spacial score (nSPS) is 8.00. The molecule has 0 radical (unpaired) electrons. The monoisotopic (exact) mass is 157 g/mol. The van der Waals surface area contributed by atoms with Crippen molar-refractivity contribution in [1.82, 2.24) is 4.98 Å². The Bertz CT molecular complexity index is 180. The fourth-order valence-electron chi connectivity index (χ4n) is 0.698. The van der Waals surface area contributed by atoms with Crippen LogP contribution in [0, 0.1) is 0 Å². The van der Waals surface area contributed by atoms with E-state index in [0.717, 1.165) is 0 Å². The highest BCUT2D eigenvalue weighted by Crippen LogP contribution is 1.79. The van der Waals surface area contributed by atoms with E-state index < -0.39 is 0 Å². The van der Waals surface area contributed by atoms with Crippen molar-refractivity contribution >= 4 is 0 Å². The lowest BCUT2D eigenvalue weighted by Crippen LogP contribution is -1.58. The molecular formula is C11H11N. The number of nitrogens with zero attached hydrogens (tertiary/aromatic N) is 1. The number of aromatic nitrogens is 1. The summed E-state index contributed by atoms with van der Waals surface area (Å²) in [6.07, 6.45) is 3.50. The first kappa shape index (κ1) is 8.47. The van der Waals surface area contributed by atoms with E-state index in [1.165, 1.54) is 0 Å². The maximum Gasteiger partial charge on any atom is 0.0267 e. The minimum absolute atomic E-state index is 1.75. The van der Waals surface area contributed by atoms with E-state index in [4.69, 9.17) is 0 Å². The molecule has 1 nitrogen and oxygen atoms in total. The number of pyridine rings is 1. The first-order valence-corrected chi connectivity index (χ1v) is 3.85. The summed E-state index contributed by atoms with van der Waals surface area (Å²) in [7, 11) is 0. The second-order valence-corrected chi connectivity index (χ2v) is 2.18. The summed E-state index contributed by atoms with van der Waals surface area (Å²) in [5.74, 6) is 0. The Hall–Kier alpha value is -1.63. The summed E-state index contributed by atoms with van der Waals surface area (Å²) in [5.41, 5.74) is 0. The van der Waals surface area contributed by atoms with Crippen molar-refractivity contribution in [2.45, 2.75) is 0 Å². The van der Waals surface area contributed by atoms with Crippen molar-refractivity contribution in [2.24, 2.45) is 0 Å². The largest absolute Gasteiger partial charge is 0.265 e. The van der Waals surface area contributed by atoms with Gasteiger partial charge in [0.05, 0.1) is 0 Å². The van der Waals surface area contributed by atoms with Crippen molar-refractivity contribution in [2.75, 3.05) is 0 Å². The van der Waals surface area contributed by atoms with Crippen LogP contribution >= 0.6 is 0 Å². The molecule has 1 heteroatoms. The summed E-state index contributed by atoms with van der Waals surface area (Å²) >= 11 is 0. The SMILES string of the molecule is c1ccccc1.c1ccncc1. The quantitative estimate of drug-likeness (QED) is 0.573. The van der Waals surface area contributed by atoms with Gasteiger partial charge in [0.2, 0.25) is 0 Å². The van der Waals surface area contributed by atoms with Gasteiger partial charge in [-0.05, 0) is 12.1 Å². The molecule has 0 saturated carbocycles. The molecule has 1 aromatic carbocycles. The summed E-state index contributed by atoms with van der Waals surface area (Å²) in [4.78, 5) is 3.78. The fourth-order valence-corrected chi connectivity index (χ4v) is 0.698. The van der Waals surface area contributed by atoms with Gasteiger partial charge in [-0.15, -0.1) is 0 Å². The van der Waals surface area contributed by atoms with Crippen LogP contribution in [0.4, 0.5) is 0 Å². The molecule has 0 aliphatic heterocycles. The highest BCUT2D eigenvalue weighted by molar-refractivity contribution is 4.99. The third kappa shape index (κ3) is 4.23. The lowest BCUT2D eigenvalue weighted by Gasteiger charge is -1.70. The van der Waals surface area contributed by atoms with Gasteiger partial charge < -0.3 is 0 Å². The van der Waals surface area contributed by atoms with Gasteiger partial charge in [-0.2, -0.15) is 0 Å². The van der Waals surface area contributed by atoms with Crippen molar-refractivity contribution in [1.29, 1.82) is 0 Å². The third-order valence-electron chi connectivity index (χ3n) is 1.23. The van der Waals surface area contributed by atoms with Crippen LogP contribution in [-0.4, -0.2) is 4.98 Å². The Morgan fingerprint density at radius 3 is 0.917 bits per heavy atom. The Balaban J connectivity index is 0.000000120. The molecule has 0 spiro atoms. The summed E-state index contributed by atoms with van der Waals surface area (Å²) in [6.45, 7) is 0. The van der Waals surface area contributed by atoms with Crippen LogP contribution in [0.5, 0.6) is 0 Å². The van der Waals surface area contributed by atoms with E-state index in [9.17, 15) is 0 Å². The third-order valence-corrected chi connectivity index (χ3v) is 1.23. The van der Waals surface area contributed by atoms with Crippen molar-refractivity contribution in [3.05, 3.63) is 67.0 Å². The Morgan fingerprint density at radius 2 is 0.750 bits per heavy atom. The standard InChI is InChI=1S/C6H6.C5H5N/c2*1-2-4-6-5-3-1/h1-6H;1-5H. The van der Waals surface area contributed by atoms with Gasteiger partial charge in [-0.3, -0.25) is 4.98 Å². The van der Waals surface area contributed by atoms with Crippen LogP contribution in [0.25, 0.3) is 0 Å². The van der Waals surface area contributed by atoms with E-state index in [0.29, 0.717) is 0 Å². The maximum absolute atomic E-state index is 3.78. The Labute approximate surface area is 72.7 Å². The van der Waals surface area contributed by atoms with Crippen LogP contribution < -0.4 is 0 Å². The predicted molar refractivity (Wildman–Crippen MR) is 50.7 cm³/mol. The lowest BCUT2D eigenvalue weighted by atomic mass is 10.4. The topological polar surface area (TPSA) is 12.9 Å². The Morgan fingerprint density at radius 1 is 0.417 bits per heavy atom. The van der Waals surface area contributed by atoms with E-state index in [1.807, 2.05) is 54.6 Å². The zero-order valence-corrected chi connectivity index (χ0v) is 6.80. The maximum atomic E-state index is 3.78. The number of hydrogen-bond acceptors (Lipinski definition) is 1.